The molecule has 36 heavy (non-hydrogen) atoms. The van der Waals surface area contributed by atoms with E-state index < -0.39 is 29.0 Å². The summed E-state index contributed by atoms with van der Waals surface area (Å²) in [5.41, 5.74) is -4.29. The first-order valence-corrected chi connectivity index (χ1v) is 11.5. The zero-order valence-electron chi connectivity index (χ0n) is 20.2. The van der Waals surface area contributed by atoms with Gasteiger partial charge in [-0.25, -0.2) is 13.2 Å². The highest BCUT2D eigenvalue weighted by molar-refractivity contribution is 5.77. The summed E-state index contributed by atoms with van der Waals surface area (Å²) in [5, 5.41) is 12.8. The van der Waals surface area contributed by atoms with E-state index in [1.807, 2.05) is 0 Å². The second-order valence-corrected chi connectivity index (χ2v) is 9.07. The molecule has 0 aliphatic heterocycles. The number of furan rings is 1. The summed E-state index contributed by atoms with van der Waals surface area (Å²) in [5.74, 6) is -1.75. The predicted molar refractivity (Wildman–Crippen MR) is 126 cm³/mol. The third kappa shape index (κ3) is 4.50. The quantitative estimate of drug-likeness (QED) is 0.405. The maximum Gasteiger partial charge on any atom is 0.221 e. The Morgan fingerprint density at radius 3 is 2.44 bits per heavy atom. The number of rotatable bonds is 9. The van der Waals surface area contributed by atoms with Gasteiger partial charge >= 0.3 is 0 Å². The molecule has 0 radical (unpaired) electrons. The number of hydrogen-bond donors (Lipinski definition) is 2. The number of fused-ring (bicyclic) bond motifs is 1. The maximum atomic E-state index is 16.7. The Hall–Kier alpha value is -3.62. The minimum atomic E-state index is -2.50. The van der Waals surface area contributed by atoms with Crippen molar-refractivity contribution >= 4 is 5.91 Å². The molecule has 2 aromatic carbocycles. The van der Waals surface area contributed by atoms with Crippen LogP contribution in [-0.4, -0.2) is 30.9 Å². The second-order valence-electron chi connectivity index (χ2n) is 9.07. The molecular weight excluding hydrogens is 475 g/mol. The van der Waals surface area contributed by atoms with Gasteiger partial charge < -0.3 is 24.3 Å². The Balaban J connectivity index is 1.60. The van der Waals surface area contributed by atoms with E-state index in [0.29, 0.717) is 11.3 Å². The lowest BCUT2D eigenvalue weighted by atomic mass is 9.78. The first-order valence-electron chi connectivity index (χ1n) is 11.5. The van der Waals surface area contributed by atoms with Crippen molar-refractivity contribution in [3.63, 3.8) is 0 Å². The van der Waals surface area contributed by atoms with Gasteiger partial charge in [-0.1, -0.05) is 6.07 Å². The number of phenolic OH excluding ortho intramolecular Hbond substituents is 1. The van der Waals surface area contributed by atoms with Gasteiger partial charge in [0, 0.05) is 12.3 Å². The van der Waals surface area contributed by atoms with Crippen molar-refractivity contribution < 1.29 is 37.0 Å². The van der Waals surface area contributed by atoms with Crippen LogP contribution in [0.25, 0.3) is 0 Å². The lowest BCUT2D eigenvalue weighted by Crippen LogP contribution is -2.43. The molecule has 1 aliphatic carbocycles. The maximum absolute atomic E-state index is 16.7. The van der Waals surface area contributed by atoms with Crippen LogP contribution in [0, 0.1) is 5.82 Å². The van der Waals surface area contributed by atoms with Gasteiger partial charge in [-0.15, -0.1) is 0 Å². The van der Waals surface area contributed by atoms with Gasteiger partial charge in [0.15, 0.2) is 22.8 Å². The van der Waals surface area contributed by atoms with Crippen LogP contribution in [0.4, 0.5) is 13.2 Å². The fourth-order valence-electron chi connectivity index (χ4n) is 4.96. The zero-order chi connectivity index (χ0) is 26.1. The van der Waals surface area contributed by atoms with Crippen molar-refractivity contribution in [2.45, 2.75) is 50.0 Å². The highest BCUT2D eigenvalue weighted by atomic mass is 19.2. The molecule has 0 bridgehead atoms. The highest BCUT2D eigenvalue weighted by Crippen LogP contribution is 2.59. The molecule has 0 fully saturated rings. The van der Waals surface area contributed by atoms with Crippen LogP contribution in [0.1, 0.15) is 48.1 Å². The highest BCUT2D eigenvalue weighted by Gasteiger charge is 2.62. The summed E-state index contributed by atoms with van der Waals surface area (Å²) in [7, 11) is 2.74. The average molecular weight is 504 g/mol. The molecule has 6 nitrogen and oxygen atoms in total. The number of ether oxygens (including phenoxy) is 2. The topological polar surface area (TPSA) is 80.9 Å². The molecule has 1 amide bonds. The van der Waals surface area contributed by atoms with Crippen LogP contribution >= 0.6 is 0 Å². The zero-order valence-corrected chi connectivity index (χ0v) is 20.2. The number of amides is 1. The van der Waals surface area contributed by atoms with E-state index in [0.717, 1.165) is 19.1 Å². The first kappa shape index (κ1) is 25.5. The SMILES string of the molecule is COc1cc(CCC2(F)c3ccc(F)cc3C(CC(=O)NCc3ccco3)C2(C)F)cc(OC)c1O. The van der Waals surface area contributed by atoms with E-state index >= 15 is 8.78 Å². The lowest BCUT2D eigenvalue weighted by molar-refractivity contribution is -0.123. The van der Waals surface area contributed by atoms with Gasteiger partial charge in [-0.05, 0) is 72.9 Å². The fourth-order valence-corrected chi connectivity index (χ4v) is 4.96. The second kappa shape index (κ2) is 9.79. The molecular formula is C27H28F3NO5. The Morgan fingerprint density at radius 2 is 1.83 bits per heavy atom. The molecule has 0 saturated carbocycles. The Kier molecular flexibility index (Phi) is 6.93. The van der Waals surface area contributed by atoms with E-state index in [4.69, 9.17) is 13.9 Å². The fraction of sp³-hybridized carbons (Fsp3) is 0.370. The van der Waals surface area contributed by atoms with Gasteiger partial charge in [0.1, 0.15) is 11.6 Å². The third-order valence-electron chi connectivity index (χ3n) is 6.97. The normalized spacial score (nSPS) is 22.8. The van der Waals surface area contributed by atoms with Crippen LogP contribution in [0.3, 0.4) is 0 Å². The van der Waals surface area contributed by atoms with Crippen molar-refractivity contribution in [2.75, 3.05) is 14.2 Å². The Morgan fingerprint density at radius 1 is 1.14 bits per heavy atom. The first-order chi connectivity index (χ1) is 17.1. The molecule has 4 rings (SSSR count). The van der Waals surface area contributed by atoms with Gasteiger partial charge in [0.25, 0.3) is 0 Å². The molecule has 3 atom stereocenters. The van der Waals surface area contributed by atoms with Crippen LogP contribution in [-0.2, 0) is 23.4 Å². The van der Waals surface area contributed by atoms with Gasteiger partial charge in [-0.3, -0.25) is 4.79 Å². The number of phenols is 1. The van der Waals surface area contributed by atoms with Crippen molar-refractivity contribution in [3.8, 4) is 17.2 Å². The van der Waals surface area contributed by atoms with Crippen molar-refractivity contribution in [1.29, 1.82) is 0 Å². The van der Waals surface area contributed by atoms with E-state index in [1.54, 1.807) is 12.1 Å². The van der Waals surface area contributed by atoms with E-state index in [1.165, 1.54) is 38.7 Å². The standard InChI is InChI=1S/C27H28F3NO5/c1-26(29)21(14-24(32)31-15-18-5-4-10-36-18)19-13-17(28)6-7-20(19)27(26,30)9-8-16-11-22(34-2)25(33)23(12-16)35-3/h4-7,10-13,21,33H,8-9,14-15H2,1-3H3,(H,31,32). The summed E-state index contributed by atoms with van der Waals surface area (Å²) in [4.78, 5) is 12.7. The number of aromatic hydroxyl groups is 1. The predicted octanol–water partition coefficient (Wildman–Crippen LogP) is 5.47. The van der Waals surface area contributed by atoms with Crippen molar-refractivity contribution in [2.24, 2.45) is 0 Å². The largest absolute Gasteiger partial charge is 0.502 e. The summed E-state index contributed by atoms with van der Waals surface area (Å²) in [6.07, 6.45) is 0.876. The molecule has 1 aromatic heterocycles. The lowest BCUT2D eigenvalue weighted by Gasteiger charge is -2.35. The number of benzene rings is 2. The summed E-state index contributed by atoms with van der Waals surface area (Å²) >= 11 is 0. The number of nitrogens with one attached hydrogen (secondary N) is 1. The van der Waals surface area contributed by atoms with Gasteiger partial charge in [0.05, 0.1) is 27.0 Å². The van der Waals surface area contributed by atoms with Crippen LogP contribution in [0.2, 0.25) is 0 Å². The number of carbonyl (C=O) groups excluding carboxylic acids is 1. The Labute approximate surface area is 207 Å². The smallest absolute Gasteiger partial charge is 0.221 e. The van der Waals surface area contributed by atoms with Crippen molar-refractivity contribution in [3.05, 3.63) is 77.0 Å². The summed E-state index contributed by atoms with van der Waals surface area (Å²) < 4.78 is 62.7. The van der Waals surface area contributed by atoms with Gasteiger partial charge in [-0.2, -0.15) is 0 Å². The number of hydrogen-bond acceptors (Lipinski definition) is 5. The monoisotopic (exact) mass is 503 g/mol. The van der Waals surface area contributed by atoms with Crippen LogP contribution < -0.4 is 14.8 Å². The molecule has 3 aromatic rings. The third-order valence-corrected chi connectivity index (χ3v) is 6.97. The number of alkyl halides is 2. The van der Waals surface area contributed by atoms with E-state index in [2.05, 4.69) is 5.32 Å². The number of halogens is 3. The number of methoxy groups -OCH3 is 2. The van der Waals surface area contributed by atoms with Gasteiger partial charge in [0.2, 0.25) is 11.7 Å². The van der Waals surface area contributed by atoms with Crippen molar-refractivity contribution in [1.82, 2.24) is 5.32 Å². The van der Waals surface area contributed by atoms with E-state index in [9.17, 15) is 14.3 Å². The molecule has 3 unspecified atom stereocenters. The Bertz CT molecular complexity index is 1220. The van der Waals surface area contributed by atoms with Crippen LogP contribution in [0.15, 0.2) is 53.1 Å². The average Bonchev–Trinajstić information content (AvgIpc) is 3.43. The minimum Gasteiger partial charge on any atom is -0.502 e. The molecule has 0 saturated heterocycles. The van der Waals surface area contributed by atoms with Crippen LogP contribution in [0.5, 0.6) is 17.2 Å². The molecule has 9 heteroatoms. The molecule has 2 N–H and O–H groups in total. The minimum absolute atomic E-state index is 0.0236. The number of aryl methyl sites for hydroxylation is 1. The number of carbonyl (C=O) groups is 1. The molecule has 0 spiro atoms. The summed E-state index contributed by atoms with van der Waals surface area (Å²) in [6, 6.07) is 9.85. The molecule has 192 valence electrons. The molecule has 1 heterocycles. The van der Waals surface area contributed by atoms with E-state index in [-0.39, 0.29) is 54.2 Å². The molecule has 1 aliphatic rings. The summed E-state index contributed by atoms with van der Waals surface area (Å²) in [6.45, 7) is 1.22.